The van der Waals surface area contributed by atoms with Crippen molar-refractivity contribution in [2.75, 3.05) is 13.7 Å². The zero-order valence-electron chi connectivity index (χ0n) is 7.88. The van der Waals surface area contributed by atoms with Gasteiger partial charge in [0.1, 0.15) is 11.5 Å². The van der Waals surface area contributed by atoms with E-state index in [0.29, 0.717) is 10.2 Å². The van der Waals surface area contributed by atoms with Gasteiger partial charge in [-0.3, -0.25) is 0 Å². The molecule has 0 bridgehead atoms. The Hall–Kier alpha value is -0.740. The lowest BCUT2D eigenvalue weighted by atomic mass is 9.97. The van der Waals surface area contributed by atoms with Gasteiger partial charge in [0.15, 0.2) is 0 Å². The Morgan fingerprint density at radius 3 is 2.79 bits per heavy atom. The molecule has 0 amide bonds. The Kier molecular flexibility index (Phi) is 2.65. The van der Waals surface area contributed by atoms with Crippen LogP contribution >= 0.6 is 15.9 Å². The smallest absolute Gasteiger partial charge is 0.134 e. The molecule has 0 radical (unpaired) electrons. The fourth-order valence-electron chi connectivity index (χ4n) is 1.53. The summed E-state index contributed by atoms with van der Waals surface area (Å²) in [5.41, 5.74) is 0.905. The van der Waals surface area contributed by atoms with Gasteiger partial charge in [-0.05, 0) is 41.0 Å². The molecule has 1 saturated heterocycles. The standard InChI is InChI=1S/C10H12BrNO2/c1-14-6-4-7(9-2-3-12-9)10(13)8(11)5-6/h4-5,9,12-13H,2-3H2,1H3/t9-/m0/s1. The summed E-state index contributed by atoms with van der Waals surface area (Å²) >= 11 is 3.30. The maximum Gasteiger partial charge on any atom is 0.134 e. The van der Waals surface area contributed by atoms with Gasteiger partial charge in [-0.1, -0.05) is 0 Å². The topological polar surface area (TPSA) is 41.5 Å². The summed E-state index contributed by atoms with van der Waals surface area (Å²) < 4.78 is 5.82. The van der Waals surface area contributed by atoms with Crippen molar-refractivity contribution in [3.63, 3.8) is 0 Å². The number of hydrogen-bond donors (Lipinski definition) is 2. The van der Waals surface area contributed by atoms with E-state index in [1.165, 1.54) is 0 Å². The van der Waals surface area contributed by atoms with E-state index in [1.807, 2.05) is 6.07 Å². The van der Waals surface area contributed by atoms with Crippen molar-refractivity contribution >= 4 is 15.9 Å². The van der Waals surface area contributed by atoms with Gasteiger partial charge in [-0.2, -0.15) is 0 Å². The Labute approximate surface area is 91.2 Å². The number of aromatic hydroxyl groups is 1. The highest BCUT2D eigenvalue weighted by Gasteiger charge is 2.23. The van der Waals surface area contributed by atoms with Gasteiger partial charge in [0.2, 0.25) is 0 Å². The van der Waals surface area contributed by atoms with Crippen LogP contribution in [0.25, 0.3) is 0 Å². The lowest BCUT2D eigenvalue weighted by Crippen LogP contribution is -2.34. The first-order valence-corrected chi connectivity index (χ1v) is 5.31. The maximum absolute atomic E-state index is 9.81. The molecule has 0 aliphatic carbocycles. The number of halogens is 1. The number of benzene rings is 1. The molecular formula is C10H12BrNO2. The maximum atomic E-state index is 9.81. The zero-order chi connectivity index (χ0) is 10.1. The summed E-state index contributed by atoms with van der Waals surface area (Å²) in [5, 5.41) is 13.1. The molecule has 3 nitrogen and oxygen atoms in total. The first kappa shape index (κ1) is 9.80. The second-order valence-corrected chi connectivity index (χ2v) is 4.20. The molecule has 1 heterocycles. The number of phenolic OH excluding ortho intramolecular Hbond substituents is 1. The summed E-state index contributed by atoms with van der Waals surface area (Å²) in [6, 6.07) is 3.90. The molecule has 0 spiro atoms. The minimum absolute atomic E-state index is 0.265. The fourth-order valence-corrected chi connectivity index (χ4v) is 1.99. The van der Waals surface area contributed by atoms with Crippen molar-refractivity contribution in [3.8, 4) is 11.5 Å². The molecule has 2 N–H and O–H groups in total. The van der Waals surface area contributed by atoms with E-state index in [0.717, 1.165) is 24.3 Å². The van der Waals surface area contributed by atoms with Crippen LogP contribution in [0.4, 0.5) is 0 Å². The number of ether oxygens (including phenoxy) is 1. The highest BCUT2D eigenvalue weighted by molar-refractivity contribution is 9.10. The molecule has 1 atom stereocenters. The summed E-state index contributed by atoms with van der Waals surface area (Å²) in [4.78, 5) is 0. The summed E-state index contributed by atoms with van der Waals surface area (Å²) in [6.45, 7) is 1.01. The number of phenols is 1. The Bertz CT molecular complexity index is 350. The van der Waals surface area contributed by atoms with Crippen LogP contribution in [0.3, 0.4) is 0 Å². The summed E-state index contributed by atoms with van der Waals surface area (Å²) in [7, 11) is 1.62. The highest BCUT2D eigenvalue weighted by atomic mass is 79.9. The van der Waals surface area contributed by atoms with E-state index in [2.05, 4.69) is 21.2 Å². The van der Waals surface area contributed by atoms with E-state index in [4.69, 9.17) is 4.74 Å². The lowest BCUT2D eigenvalue weighted by Gasteiger charge is -2.29. The van der Waals surface area contributed by atoms with E-state index >= 15 is 0 Å². The van der Waals surface area contributed by atoms with Gasteiger partial charge in [-0.15, -0.1) is 0 Å². The second kappa shape index (κ2) is 3.79. The van der Waals surface area contributed by atoms with Gasteiger partial charge < -0.3 is 15.2 Å². The third-order valence-corrected chi connectivity index (χ3v) is 3.11. The number of methoxy groups -OCH3 is 1. The summed E-state index contributed by atoms with van der Waals surface area (Å²) in [5.74, 6) is 1.07. The van der Waals surface area contributed by atoms with Crippen LogP contribution in [-0.2, 0) is 0 Å². The Morgan fingerprint density at radius 1 is 1.57 bits per heavy atom. The van der Waals surface area contributed by atoms with Gasteiger partial charge in [0, 0.05) is 11.6 Å². The van der Waals surface area contributed by atoms with E-state index in [1.54, 1.807) is 13.2 Å². The van der Waals surface area contributed by atoms with Crippen LogP contribution in [-0.4, -0.2) is 18.8 Å². The first-order valence-electron chi connectivity index (χ1n) is 4.52. The average Bonchev–Trinajstić information content (AvgIpc) is 2.09. The van der Waals surface area contributed by atoms with Crippen molar-refractivity contribution in [1.82, 2.24) is 5.32 Å². The van der Waals surface area contributed by atoms with Crippen molar-refractivity contribution in [2.24, 2.45) is 0 Å². The van der Waals surface area contributed by atoms with Crippen molar-refractivity contribution in [3.05, 3.63) is 22.2 Å². The molecule has 76 valence electrons. The zero-order valence-corrected chi connectivity index (χ0v) is 9.47. The number of nitrogens with one attached hydrogen (secondary N) is 1. The monoisotopic (exact) mass is 257 g/mol. The predicted molar refractivity (Wildman–Crippen MR) is 57.7 cm³/mol. The van der Waals surface area contributed by atoms with Gasteiger partial charge >= 0.3 is 0 Å². The quantitative estimate of drug-likeness (QED) is 0.854. The first-order chi connectivity index (χ1) is 6.72. The molecule has 1 aliphatic rings. The van der Waals surface area contributed by atoms with E-state index in [9.17, 15) is 5.11 Å². The van der Waals surface area contributed by atoms with E-state index in [-0.39, 0.29) is 6.04 Å². The normalized spacial score (nSPS) is 20.3. The summed E-state index contributed by atoms with van der Waals surface area (Å²) in [6.07, 6.45) is 1.06. The molecule has 1 aliphatic heterocycles. The van der Waals surface area contributed by atoms with Crippen LogP contribution < -0.4 is 10.1 Å². The molecule has 1 aromatic carbocycles. The predicted octanol–water partition coefficient (Wildman–Crippen LogP) is 2.20. The molecule has 2 rings (SSSR count). The minimum atomic E-state index is 0.265. The second-order valence-electron chi connectivity index (χ2n) is 3.34. The largest absolute Gasteiger partial charge is 0.506 e. The average molecular weight is 258 g/mol. The van der Waals surface area contributed by atoms with Crippen LogP contribution in [0.1, 0.15) is 18.0 Å². The third kappa shape index (κ3) is 1.60. The van der Waals surface area contributed by atoms with Crippen molar-refractivity contribution < 1.29 is 9.84 Å². The van der Waals surface area contributed by atoms with Gasteiger partial charge in [-0.25, -0.2) is 0 Å². The minimum Gasteiger partial charge on any atom is -0.506 e. The highest BCUT2D eigenvalue weighted by Crippen LogP contribution is 2.38. The molecular weight excluding hydrogens is 246 g/mol. The Morgan fingerprint density at radius 2 is 2.29 bits per heavy atom. The third-order valence-electron chi connectivity index (χ3n) is 2.50. The lowest BCUT2D eigenvalue weighted by molar-refractivity contribution is 0.358. The molecule has 1 aromatic rings. The SMILES string of the molecule is COc1cc(Br)c(O)c([C@@H]2CCN2)c1. The van der Waals surface area contributed by atoms with Crippen LogP contribution in [0, 0.1) is 0 Å². The Balaban J connectivity index is 2.40. The number of rotatable bonds is 2. The van der Waals surface area contributed by atoms with Crippen LogP contribution in [0.15, 0.2) is 16.6 Å². The molecule has 0 aromatic heterocycles. The van der Waals surface area contributed by atoms with Crippen molar-refractivity contribution in [2.45, 2.75) is 12.5 Å². The number of hydrogen-bond acceptors (Lipinski definition) is 3. The fraction of sp³-hybridized carbons (Fsp3) is 0.400. The molecule has 4 heteroatoms. The van der Waals surface area contributed by atoms with Crippen molar-refractivity contribution in [1.29, 1.82) is 0 Å². The van der Waals surface area contributed by atoms with Gasteiger partial charge in [0.25, 0.3) is 0 Å². The van der Waals surface area contributed by atoms with Crippen LogP contribution in [0.2, 0.25) is 0 Å². The van der Waals surface area contributed by atoms with E-state index < -0.39 is 0 Å². The molecule has 1 fully saturated rings. The molecule has 0 saturated carbocycles. The van der Waals surface area contributed by atoms with Gasteiger partial charge in [0.05, 0.1) is 11.6 Å². The molecule has 14 heavy (non-hydrogen) atoms. The molecule has 0 unspecified atom stereocenters. The van der Waals surface area contributed by atoms with Crippen LogP contribution in [0.5, 0.6) is 11.5 Å².